The molecule has 7 heteroatoms. The van der Waals surface area contributed by atoms with Crippen molar-refractivity contribution in [1.29, 1.82) is 0 Å². The van der Waals surface area contributed by atoms with Crippen molar-refractivity contribution in [1.82, 2.24) is 0 Å². The number of aromatic hydroxyl groups is 3. The first-order valence-corrected chi connectivity index (χ1v) is 4.42. The second kappa shape index (κ2) is 3.14. The van der Waals surface area contributed by atoms with Gasteiger partial charge in [-0.15, -0.1) is 0 Å². The number of hydrogen-bond donors (Lipinski definition) is 5. The zero-order valence-corrected chi connectivity index (χ0v) is 8.26. The van der Waals surface area contributed by atoms with Crippen molar-refractivity contribution in [2.45, 2.75) is 0 Å². The fourth-order valence-corrected chi connectivity index (χ4v) is 1.59. The van der Waals surface area contributed by atoms with Gasteiger partial charge >= 0.3 is 0 Å². The van der Waals surface area contributed by atoms with Crippen LogP contribution in [0.4, 0.5) is 5.69 Å². The van der Waals surface area contributed by atoms with Crippen molar-refractivity contribution in [3.63, 3.8) is 0 Å². The van der Waals surface area contributed by atoms with Gasteiger partial charge in [0.05, 0.1) is 11.1 Å². The fraction of sp³-hybridized carbons (Fsp3) is 0. The zero-order valence-electron chi connectivity index (χ0n) is 8.26. The van der Waals surface area contributed by atoms with Crippen LogP contribution in [0.15, 0.2) is 6.08 Å². The summed E-state index contributed by atoms with van der Waals surface area (Å²) in [5.74, 6) is -5.57. The van der Waals surface area contributed by atoms with E-state index in [1.54, 1.807) is 0 Å². The van der Waals surface area contributed by atoms with E-state index < -0.39 is 51.4 Å². The maximum atomic E-state index is 11.5. The first kappa shape index (κ1) is 10.8. The molecular weight excluding hydrogens is 230 g/mol. The molecule has 1 aliphatic rings. The Morgan fingerprint density at radius 3 is 2.06 bits per heavy atom. The van der Waals surface area contributed by atoms with Crippen molar-refractivity contribution in [3.05, 3.63) is 17.2 Å². The number of nitrogens with two attached hydrogens (primary N) is 1. The number of hydrogen-bond acceptors (Lipinski definition) is 7. The number of allylic oxidation sites excluding steroid dienone is 1. The van der Waals surface area contributed by atoms with Crippen molar-refractivity contribution >= 4 is 23.0 Å². The number of phenols is 3. The van der Waals surface area contributed by atoms with Crippen LogP contribution in [0.25, 0.3) is 5.76 Å². The number of carbonyl (C=O) groups excluding carboxylic acids is 2. The summed E-state index contributed by atoms with van der Waals surface area (Å²) >= 11 is 0. The summed E-state index contributed by atoms with van der Waals surface area (Å²) in [5.41, 5.74) is 3.52. The summed E-state index contributed by atoms with van der Waals surface area (Å²) in [6.07, 6.45) is 0.598. The summed E-state index contributed by atoms with van der Waals surface area (Å²) in [6, 6.07) is 0. The number of anilines is 1. The Balaban J connectivity index is 2.96. The topological polar surface area (TPSA) is 141 Å². The molecule has 0 aromatic heterocycles. The predicted octanol–water partition coefficient (Wildman–Crippen LogP) is 0.0499. The summed E-state index contributed by atoms with van der Waals surface area (Å²) in [6.45, 7) is 0. The first-order valence-electron chi connectivity index (χ1n) is 4.42. The Hall–Kier alpha value is -2.70. The quantitative estimate of drug-likeness (QED) is 0.186. The number of nitrogen functional groups attached to an aromatic ring is 1. The fourth-order valence-electron chi connectivity index (χ4n) is 1.59. The number of phenolic OH excluding ortho intramolecular Hbond substituents is 3. The van der Waals surface area contributed by atoms with E-state index in [-0.39, 0.29) is 0 Å². The van der Waals surface area contributed by atoms with E-state index in [4.69, 9.17) is 5.73 Å². The molecule has 0 bridgehead atoms. The zero-order chi connectivity index (χ0) is 12.9. The maximum Gasteiger partial charge on any atom is 0.237 e. The Kier molecular flexibility index (Phi) is 2.00. The number of Topliss-reactive ketones (excluding diaryl/α,β-unsaturated/α-hetero) is 1. The smallest absolute Gasteiger partial charge is 0.237 e. The minimum absolute atomic E-state index is 0.470. The van der Waals surface area contributed by atoms with Gasteiger partial charge in [-0.3, -0.25) is 9.59 Å². The van der Waals surface area contributed by atoms with Crippen LogP contribution >= 0.6 is 0 Å². The minimum Gasteiger partial charge on any atom is -0.507 e. The summed E-state index contributed by atoms with van der Waals surface area (Å²) in [5, 5.41) is 37.8. The number of benzene rings is 1. The Morgan fingerprint density at radius 1 is 0.882 bits per heavy atom. The van der Waals surface area contributed by atoms with Gasteiger partial charge in [-0.05, 0) is 0 Å². The van der Waals surface area contributed by atoms with E-state index in [1.807, 2.05) is 0 Å². The van der Waals surface area contributed by atoms with Gasteiger partial charge in [0.1, 0.15) is 11.4 Å². The van der Waals surface area contributed by atoms with Crippen LogP contribution in [-0.2, 0) is 4.79 Å². The summed E-state index contributed by atoms with van der Waals surface area (Å²) in [4.78, 5) is 22.6. The van der Waals surface area contributed by atoms with E-state index in [0.29, 0.717) is 6.08 Å². The maximum absolute atomic E-state index is 11.5. The standard InChI is InChI=1S/C10H7NO6/c11-6-8(15)4-2(12)1-3(13)7(14)5(4)9(16)10(6)17/h1,12,15-17H,11H2. The van der Waals surface area contributed by atoms with Gasteiger partial charge in [0, 0.05) is 6.08 Å². The lowest BCUT2D eigenvalue weighted by atomic mass is 9.91. The lowest BCUT2D eigenvalue weighted by Gasteiger charge is -2.17. The van der Waals surface area contributed by atoms with Crippen molar-refractivity contribution < 1.29 is 30.0 Å². The van der Waals surface area contributed by atoms with Gasteiger partial charge in [-0.25, -0.2) is 0 Å². The average molecular weight is 237 g/mol. The average Bonchev–Trinajstić information content (AvgIpc) is 2.28. The number of aliphatic hydroxyl groups excluding tert-OH is 1. The molecule has 17 heavy (non-hydrogen) atoms. The van der Waals surface area contributed by atoms with Gasteiger partial charge in [-0.2, -0.15) is 0 Å². The molecule has 0 saturated carbocycles. The molecule has 0 radical (unpaired) electrons. The summed E-state index contributed by atoms with van der Waals surface area (Å²) in [7, 11) is 0. The molecule has 0 heterocycles. The summed E-state index contributed by atoms with van der Waals surface area (Å²) < 4.78 is 0. The molecule has 0 spiro atoms. The Labute approximate surface area is 94.0 Å². The van der Waals surface area contributed by atoms with Gasteiger partial charge in [-0.1, -0.05) is 0 Å². The van der Waals surface area contributed by atoms with Crippen LogP contribution in [0, 0.1) is 0 Å². The molecule has 0 aliphatic heterocycles. The molecule has 0 atom stereocenters. The van der Waals surface area contributed by atoms with Crippen molar-refractivity contribution in [2.24, 2.45) is 0 Å². The van der Waals surface area contributed by atoms with Gasteiger partial charge in [0.2, 0.25) is 11.6 Å². The second-order valence-electron chi connectivity index (χ2n) is 3.43. The van der Waals surface area contributed by atoms with Crippen LogP contribution in [0.5, 0.6) is 17.2 Å². The molecular formula is C10H7NO6. The van der Waals surface area contributed by atoms with E-state index in [9.17, 15) is 30.0 Å². The predicted molar refractivity (Wildman–Crippen MR) is 55.8 cm³/mol. The molecule has 0 unspecified atom stereocenters. The van der Waals surface area contributed by atoms with Gasteiger partial charge in [0.25, 0.3) is 0 Å². The van der Waals surface area contributed by atoms with E-state index in [1.165, 1.54) is 0 Å². The highest BCUT2D eigenvalue weighted by Gasteiger charge is 2.34. The molecule has 1 aliphatic carbocycles. The first-order chi connectivity index (χ1) is 7.86. The largest absolute Gasteiger partial charge is 0.507 e. The molecule has 2 rings (SSSR count). The van der Waals surface area contributed by atoms with Crippen molar-refractivity contribution in [3.8, 4) is 17.2 Å². The molecule has 1 aromatic carbocycles. The monoisotopic (exact) mass is 237 g/mol. The third-order valence-electron chi connectivity index (χ3n) is 2.43. The molecule has 1 aromatic rings. The number of carbonyl (C=O) groups is 2. The number of ketones is 2. The number of fused-ring (bicyclic) bond motifs is 1. The van der Waals surface area contributed by atoms with Gasteiger partial charge < -0.3 is 26.2 Å². The third-order valence-corrected chi connectivity index (χ3v) is 2.43. The minimum atomic E-state index is -1.15. The Morgan fingerprint density at radius 2 is 1.47 bits per heavy atom. The molecule has 0 fully saturated rings. The highest BCUT2D eigenvalue weighted by molar-refractivity contribution is 6.51. The van der Waals surface area contributed by atoms with Crippen molar-refractivity contribution in [2.75, 3.05) is 5.73 Å². The lowest BCUT2D eigenvalue weighted by Crippen LogP contribution is -2.19. The van der Waals surface area contributed by atoms with Crippen LogP contribution in [0.3, 0.4) is 0 Å². The lowest BCUT2D eigenvalue weighted by molar-refractivity contribution is -0.111. The molecule has 0 saturated heterocycles. The highest BCUT2D eigenvalue weighted by atomic mass is 16.3. The highest BCUT2D eigenvalue weighted by Crippen LogP contribution is 2.47. The van der Waals surface area contributed by atoms with E-state index in [2.05, 4.69) is 0 Å². The van der Waals surface area contributed by atoms with Crippen LogP contribution < -0.4 is 5.73 Å². The SMILES string of the molecule is Nc1c(O)c(O)c2c(c1O)C(O)=CC(=O)C2=O. The van der Waals surface area contributed by atoms with E-state index in [0.717, 1.165) is 0 Å². The number of aliphatic hydroxyl groups is 1. The third kappa shape index (κ3) is 1.22. The van der Waals surface area contributed by atoms with Crippen LogP contribution in [0.1, 0.15) is 15.9 Å². The second-order valence-corrected chi connectivity index (χ2v) is 3.43. The van der Waals surface area contributed by atoms with Gasteiger partial charge in [0.15, 0.2) is 17.2 Å². The number of rotatable bonds is 0. The molecule has 88 valence electrons. The van der Waals surface area contributed by atoms with E-state index >= 15 is 0 Å². The molecule has 7 nitrogen and oxygen atoms in total. The van der Waals surface area contributed by atoms with Crippen LogP contribution in [0.2, 0.25) is 0 Å². The Bertz CT molecular complexity index is 602. The molecule has 6 N–H and O–H groups in total. The van der Waals surface area contributed by atoms with Crippen LogP contribution in [-0.4, -0.2) is 32.0 Å². The molecule has 0 amide bonds. The normalized spacial score (nSPS) is 14.5.